The van der Waals surface area contributed by atoms with Crippen LogP contribution in [0, 0.1) is 0 Å². The molecule has 0 saturated carbocycles. The summed E-state index contributed by atoms with van der Waals surface area (Å²) in [5.74, 6) is 3.78. The molecule has 0 saturated heterocycles. The summed E-state index contributed by atoms with van der Waals surface area (Å²) in [4.78, 5) is 7.16. The number of fused-ring (bicyclic) bond motifs is 6. The van der Waals surface area contributed by atoms with Crippen LogP contribution in [0.1, 0.15) is 22.3 Å². The van der Waals surface area contributed by atoms with Gasteiger partial charge in [0.2, 0.25) is 0 Å². The number of aromatic nitrogens is 1. The Morgan fingerprint density at radius 2 is 1.00 bits per heavy atom. The highest BCUT2D eigenvalue weighted by Crippen LogP contribution is 2.62. The third-order valence-electron chi connectivity index (χ3n) is 10.3. The van der Waals surface area contributed by atoms with E-state index in [2.05, 4.69) is 157 Å². The van der Waals surface area contributed by atoms with Gasteiger partial charge in [-0.05, 0) is 88.0 Å². The summed E-state index contributed by atoms with van der Waals surface area (Å²) in [6.45, 7) is 0. The second-order valence-corrected chi connectivity index (χ2v) is 13.1. The molecule has 0 N–H and O–H groups in total. The van der Waals surface area contributed by atoms with Gasteiger partial charge in [0.25, 0.3) is 0 Å². The van der Waals surface area contributed by atoms with Crippen molar-refractivity contribution in [2.45, 2.75) is 5.41 Å². The van der Waals surface area contributed by atoms with Gasteiger partial charge in [-0.25, -0.2) is 4.98 Å². The van der Waals surface area contributed by atoms with E-state index >= 15 is 0 Å². The summed E-state index contributed by atoms with van der Waals surface area (Å²) in [6.07, 6.45) is 1.97. The molecule has 246 valence electrons. The average molecular weight is 669 g/mol. The molecule has 1 aliphatic carbocycles. The van der Waals surface area contributed by atoms with Gasteiger partial charge in [-0.15, -0.1) is 0 Å². The highest BCUT2D eigenvalue weighted by molar-refractivity contribution is 5.92. The molecule has 1 aliphatic heterocycles. The maximum absolute atomic E-state index is 6.67. The molecule has 0 bridgehead atoms. The molecule has 1 unspecified atom stereocenters. The molecule has 1 atom stereocenters. The fourth-order valence-corrected chi connectivity index (χ4v) is 7.99. The first-order chi connectivity index (χ1) is 25.8. The second kappa shape index (κ2) is 12.1. The topological polar surface area (TPSA) is 34.6 Å². The number of para-hydroxylation sites is 4. The van der Waals surface area contributed by atoms with E-state index in [0.717, 1.165) is 62.4 Å². The number of anilines is 3. The zero-order valence-corrected chi connectivity index (χ0v) is 28.2. The number of hydrogen-bond acceptors (Lipinski definition) is 4. The van der Waals surface area contributed by atoms with Gasteiger partial charge in [0, 0.05) is 28.7 Å². The minimum atomic E-state index is -0.574. The summed E-state index contributed by atoms with van der Waals surface area (Å²) in [6, 6.07) is 65.6. The SMILES string of the molecule is c1ccc(N(c2ccccc2)c2ccc(-c3ccc(C4(c5ccccc5)c5ccccc5-c5c4ccc4c5Oc5ccccc5O4)cc3)cn2)cc1. The molecular formula is C48H32N2O2. The van der Waals surface area contributed by atoms with Gasteiger partial charge in [-0.1, -0.05) is 133 Å². The molecule has 0 fully saturated rings. The molecule has 0 amide bonds. The lowest BCUT2D eigenvalue weighted by Gasteiger charge is -2.34. The molecule has 52 heavy (non-hydrogen) atoms. The number of benzene rings is 7. The van der Waals surface area contributed by atoms with Crippen molar-refractivity contribution in [3.05, 3.63) is 217 Å². The van der Waals surface area contributed by atoms with Crippen molar-refractivity contribution in [1.82, 2.24) is 4.98 Å². The van der Waals surface area contributed by atoms with Gasteiger partial charge in [-0.2, -0.15) is 0 Å². The monoisotopic (exact) mass is 668 g/mol. The number of ether oxygens (including phenoxy) is 2. The van der Waals surface area contributed by atoms with E-state index in [4.69, 9.17) is 14.5 Å². The Balaban J connectivity index is 1.08. The van der Waals surface area contributed by atoms with Crippen LogP contribution in [0.4, 0.5) is 17.2 Å². The first-order valence-electron chi connectivity index (χ1n) is 17.5. The van der Waals surface area contributed by atoms with E-state index in [9.17, 15) is 0 Å². The Kier molecular flexibility index (Phi) is 7.00. The van der Waals surface area contributed by atoms with Crippen molar-refractivity contribution in [1.29, 1.82) is 0 Å². The van der Waals surface area contributed by atoms with E-state index in [-0.39, 0.29) is 0 Å². The Bertz CT molecular complexity index is 2510. The molecular weight excluding hydrogens is 637 g/mol. The normalized spacial score (nSPS) is 14.9. The summed E-state index contributed by atoms with van der Waals surface area (Å²) in [5, 5.41) is 0. The average Bonchev–Trinajstić information content (AvgIpc) is 3.53. The second-order valence-electron chi connectivity index (χ2n) is 13.1. The molecule has 10 rings (SSSR count). The minimum absolute atomic E-state index is 0.574. The minimum Gasteiger partial charge on any atom is -0.449 e. The first-order valence-corrected chi connectivity index (χ1v) is 17.5. The molecule has 2 aliphatic rings. The van der Waals surface area contributed by atoms with Crippen molar-refractivity contribution in [2.24, 2.45) is 0 Å². The molecule has 0 spiro atoms. The van der Waals surface area contributed by atoms with Gasteiger partial charge < -0.3 is 9.47 Å². The largest absolute Gasteiger partial charge is 0.449 e. The van der Waals surface area contributed by atoms with Gasteiger partial charge in [0.1, 0.15) is 5.82 Å². The summed E-state index contributed by atoms with van der Waals surface area (Å²) >= 11 is 0. The molecule has 4 heteroatoms. The van der Waals surface area contributed by atoms with Crippen molar-refractivity contribution in [3.8, 4) is 45.3 Å². The third kappa shape index (κ3) is 4.65. The van der Waals surface area contributed by atoms with Crippen LogP contribution in [0.3, 0.4) is 0 Å². The molecule has 4 nitrogen and oxygen atoms in total. The molecule has 0 radical (unpaired) electrons. The van der Waals surface area contributed by atoms with Crippen LogP contribution in [0.5, 0.6) is 23.0 Å². The van der Waals surface area contributed by atoms with Gasteiger partial charge in [-0.3, -0.25) is 4.90 Å². The van der Waals surface area contributed by atoms with E-state index < -0.39 is 5.41 Å². The predicted octanol–water partition coefficient (Wildman–Crippen LogP) is 12.5. The van der Waals surface area contributed by atoms with Crippen LogP contribution >= 0.6 is 0 Å². The maximum Gasteiger partial charge on any atom is 0.178 e. The van der Waals surface area contributed by atoms with Crippen LogP contribution in [0.15, 0.2) is 194 Å². The number of pyridine rings is 1. The highest BCUT2D eigenvalue weighted by Gasteiger charge is 2.48. The molecule has 1 aromatic heterocycles. The van der Waals surface area contributed by atoms with Crippen LogP contribution < -0.4 is 14.4 Å². The molecule has 2 heterocycles. The Hall–Kier alpha value is -6.91. The Morgan fingerprint density at radius 3 is 1.67 bits per heavy atom. The van der Waals surface area contributed by atoms with Crippen molar-refractivity contribution < 1.29 is 9.47 Å². The number of hydrogen-bond donors (Lipinski definition) is 0. The van der Waals surface area contributed by atoms with Crippen LogP contribution in [0.2, 0.25) is 0 Å². The number of nitrogens with zero attached hydrogens (tertiary/aromatic N) is 2. The third-order valence-corrected chi connectivity index (χ3v) is 10.3. The lowest BCUT2D eigenvalue weighted by molar-refractivity contribution is 0.360. The van der Waals surface area contributed by atoms with E-state index in [1.165, 1.54) is 22.3 Å². The van der Waals surface area contributed by atoms with Crippen LogP contribution in [-0.4, -0.2) is 4.98 Å². The quantitative estimate of drug-likeness (QED) is 0.177. The Morgan fingerprint density at radius 1 is 0.423 bits per heavy atom. The van der Waals surface area contributed by atoms with Crippen LogP contribution in [-0.2, 0) is 5.41 Å². The predicted molar refractivity (Wildman–Crippen MR) is 208 cm³/mol. The zero-order valence-electron chi connectivity index (χ0n) is 28.2. The summed E-state index contributed by atoms with van der Waals surface area (Å²) < 4.78 is 13.1. The van der Waals surface area contributed by atoms with E-state index in [1.54, 1.807) is 0 Å². The molecule has 8 aromatic rings. The van der Waals surface area contributed by atoms with Gasteiger partial charge >= 0.3 is 0 Å². The highest BCUT2D eigenvalue weighted by atomic mass is 16.6. The lowest BCUT2D eigenvalue weighted by Crippen LogP contribution is -2.28. The van der Waals surface area contributed by atoms with Crippen molar-refractivity contribution in [3.63, 3.8) is 0 Å². The van der Waals surface area contributed by atoms with Crippen LogP contribution in [0.25, 0.3) is 22.3 Å². The standard InChI is InChI=1S/C48H32N2O2/c1-4-14-35(15-5-1)48(40-21-11-10-20-39(40)46-41(48)29-30-44-47(46)52-43-23-13-12-22-42(43)51-44)36-27-24-33(25-28-36)34-26-31-45(49-32-34)50(37-16-6-2-7-17-37)38-18-8-3-9-19-38/h1-32H. The van der Waals surface area contributed by atoms with Crippen molar-refractivity contribution >= 4 is 17.2 Å². The van der Waals surface area contributed by atoms with E-state index in [0.29, 0.717) is 0 Å². The maximum atomic E-state index is 6.67. The van der Waals surface area contributed by atoms with Gasteiger partial charge in [0.15, 0.2) is 23.0 Å². The zero-order chi connectivity index (χ0) is 34.5. The summed E-state index contributed by atoms with van der Waals surface area (Å²) in [5.41, 5.74) is 10.7. The van der Waals surface area contributed by atoms with Crippen molar-refractivity contribution in [2.75, 3.05) is 4.90 Å². The first kappa shape index (κ1) is 30.0. The number of rotatable bonds is 6. The smallest absolute Gasteiger partial charge is 0.178 e. The fourth-order valence-electron chi connectivity index (χ4n) is 7.99. The van der Waals surface area contributed by atoms with E-state index in [1.807, 2.05) is 42.6 Å². The lowest BCUT2D eigenvalue weighted by atomic mass is 9.67. The molecule has 7 aromatic carbocycles. The fraction of sp³-hybridized carbons (Fsp3) is 0.0208. The Labute approximate surface area is 302 Å². The van der Waals surface area contributed by atoms with Gasteiger partial charge in [0.05, 0.1) is 5.41 Å². The summed E-state index contributed by atoms with van der Waals surface area (Å²) in [7, 11) is 0.